The summed E-state index contributed by atoms with van der Waals surface area (Å²) in [7, 11) is 0. The summed E-state index contributed by atoms with van der Waals surface area (Å²) >= 11 is 0. The summed E-state index contributed by atoms with van der Waals surface area (Å²) in [6.45, 7) is 9.18. The lowest BCUT2D eigenvalue weighted by molar-refractivity contribution is 0.0240. The fourth-order valence-electron chi connectivity index (χ4n) is 3.69. The molecule has 0 saturated carbocycles. The van der Waals surface area contributed by atoms with Crippen LogP contribution in [0, 0.1) is 0 Å². The number of rotatable bonds is 3. The molecule has 3 amide bonds. The van der Waals surface area contributed by atoms with E-state index < -0.39 is 5.60 Å². The van der Waals surface area contributed by atoms with Gasteiger partial charge in [-0.05, 0) is 57.2 Å². The van der Waals surface area contributed by atoms with Crippen LogP contribution in [0.5, 0.6) is 11.5 Å². The molecule has 2 aliphatic heterocycles. The monoisotopic (exact) mass is 454 g/mol. The average Bonchev–Trinajstić information content (AvgIpc) is 2.79. The summed E-state index contributed by atoms with van der Waals surface area (Å²) in [4.78, 5) is 28.7. The van der Waals surface area contributed by atoms with Crippen molar-refractivity contribution in [1.82, 2.24) is 4.90 Å². The van der Waals surface area contributed by atoms with Crippen LogP contribution >= 0.6 is 0 Å². The Bertz CT molecular complexity index is 995. The summed E-state index contributed by atoms with van der Waals surface area (Å²) in [6.07, 6.45) is -0.274. The van der Waals surface area contributed by atoms with E-state index in [0.717, 1.165) is 5.69 Å². The molecule has 0 radical (unpaired) electrons. The highest BCUT2D eigenvalue weighted by molar-refractivity contribution is 6.01. The fraction of sp³-hybridized carbons (Fsp3) is 0.417. The maximum atomic E-state index is 12.5. The average molecular weight is 455 g/mol. The van der Waals surface area contributed by atoms with Crippen molar-refractivity contribution < 1.29 is 23.8 Å². The number of hydrogen-bond donors (Lipinski definition) is 2. The van der Waals surface area contributed by atoms with Crippen molar-refractivity contribution in [2.24, 2.45) is 0 Å². The lowest BCUT2D eigenvalue weighted by atomic mass is 10.2. The number of para-hydroxylation sites is 1. The van der Waals surface area contributed by atoms with Gasteiger partial charge in [0.25, 0.3) is 0 Å². The first-order chi connectivity index (χ1) is 15.8. The molecule has 0 aromatic heterocycles. The quantitative estimate of drug-likeness (QED) is 0.724. The number of ether oxygens (including phenoxy) is 3. The summed E-state index contributed by atoms with van der Waals surface area (Å²) in [5, 5.41) is 5.65. The third-order valence-electron chi connectivity index (χ3n) is 5.24. The minimum Gasteiger partial charge on any atom is -0.486 e. The van der Waals surface area contributed by atoms with Gasteiger partial charge in [0, 0.05) is 37.6 Å². The molecule has 9 nitrogen and oxygen atoms in total. The van der Waals surface area contributed by atoms with Gasteiger partial charge in [0.15, 0.2) is 11.5 Å². The number of hydrogen-bond acceptors (Lipinski definition) is 6. The van der Waals surface area contributed by atoms with Gasteiger partial charge < -0.3 is 34.6 Å². The van der Waals surface area contributed by atoms with E-state index in [2.05, 4.69) is 15.5 Å². The van der Waals surface area contributed by atoms with Crippen LogP contribution in [0.1, 0.15) is 20.8 Å². The summed E-state index contributed by atoms with van der Waals surface area (Å²) < 4.78 is 16.6. The molecule has 2 aromatic carbocycles. The number of anilines is 3. The molecule has 1 fully saturated rings. The molecular formula is C24H30N4O5. The van der Waals surface area contributed by atoms with Crippen molar-refractivity contribution in [2.75, 3.05) is 54.9 Å². The van der Waals surface area contributed by atoms with E-state index >= 15 is 0 Å². The highest BCUT2D eigenvalue weighted by Crippen LogP contribution is 2.37. The van der Waals surface area contributed by atoms with Crippen LogP contribution in [0.4, 0.5) is 26.7 Å². The summed E-state index contributed by atoms with van der Waals surface area (Å²) in [6, 6.07) is 12.7. The van der Waals surface area contributed by atoms with Crippen LogP contribution in [0.25, 0.3) is 0 Å². The second kappa shape index (κ2) is 9.48. The lowest BCUT2D eigenvalue weighted by Crippen LogP contribution is -2.50. The number of urea groups is 1. The maximum Gasteiger partial charge on any atom is 0.410 e. The van der Waals surface area contributed by atoms with E-state index in [0.29, 0.717) is 62.3 Å². The molecule has 0 atom stereocenters. The molecule has 0 unspecified atom stereocenters. The van der Waals surface area contributed by atoms with Gasteiger partial charge in [-0.15, -0.1) is 0 Å². The van der Waals surface area contributed by atoms with Crippen molar-refractivity contribution >= 4 is 29.2 Å². The Kier molecular flexibility index (Phi) is 6.48. The summed E-state index contributed by atoms with van der Waals surface area (Å²) in [5.41, 5.74) is 1.77. The fourth-order valence-corrected chi connectivity index (χ4v) is 3.69. The number of piperazine rings is 1. The second-order valence-corrected chi connectivity index (χ2v) is 8.91. The Hall–Kier alpha value is -3.62. The van der Waals surface area contributed by atoms with Crippen molar-refractivity contribution in [3.05, 3.63) is 42.5 Å². The van der Waals surface area contributed by atoms with E-state index in [1.165, 1.54) is 0 Å². The van der Waals surface area contributed by atoms with Gasteiger partial charge in [-0.1, -0.05) is 6.07 Å². The van der Waals surface area contributed by atoms with E-state index in [4.69, 9.17) is 14.2 Å². The van der Waals surface area contributed by atoms with E-state index in [1.54, 1.807) is 17.0 Å². The molecule has 0 spiro atoms. The molecule has 2 heterocycles. The number of fused-ring (bicyclic) bond motifs is 1. The van der Waals surface area contributed by atoms with E-state index in [-0.39, 0.29) is 12.1 Å². The van der Waals surface area contributed by atoms with E-state index in [9.17, 15) is 9.59 Å². The predicted molar refractivity (Wildman–Crippen MR) is 127 cm³/mol. The first-order valence-corrected chi connectivity index (χ1v) is 11.1. The van der Waals surface area contributed by atoms with Gasteiger partial charge in [0.2, 0.25) is 0 Å². The van der Waals surface area contributed by atoms with Crippen molar-refractivity contribution in [3.8, 4) is 11.5 Å². The number of carbonyl (C=O) groups excluding carboxylic acids is 2. The lowest BCUT2D eigenvalue weighted by Gasteiger charge is -2.36. The molecule has 0 aliphatic carbocycles. The van der Waals surface area contributed by atoms with Crippen LogP contribution in [-0.2, 0) is 4.74 Å². The molecular weight excluding hydrogens is 424 g/mol. The molecule has 4 rings (SSSR count). The van der Waals surface area contributed by atoms with Crippen molar-refractivity contribution in [2.45, 2.75) is 26.4 Å². The SMILES string of the molecule is CC(C)(C)OC(=O)N1CCN(c2ccc(NC(=O)Nc3cccc4c3OCCO4)cc2)CC1. The predicted octanol–water partition coefficient (Wildman–Crippen LogP) is 4.16. The van der Waals surface area contributed by atoms with Crippen LogP contribution in [0.2, 0.25) is 0 Å². The molecule has 2 aromatic rings. The van der Waals surface area contributed by atoms with E-state index in [1.807, 2.05) is 51.1 Å². The highest BCUT2D eigenvalue weighted by atomic mass is 16.6. The Morgan fingerprint density at radius 3 is 2.30 bits per heavy atom. The largest absolute Gasteiger partial charge is 0.486 e. The molecule has 9 heteroatoms. The molecule has 2 aliphatic rings. The van der Waals surface area contributed by atoms with Crippen LogP contribution in [0.3, 0.4) is 0 Å². The van der Waals surface area contributed by atoms with Gasteiger partial charge >= 0.3 is 12.1 Å². The molecule has 0 bridgehead atoms. The van der Waals surface area contributed by atoms with Crippen LogP contribution in [0.15, 0.2) is 42.5 Å². The zero-order valence-corrected chi connectivity index (χ0v) is 19.2. The van der Waals surface area contributed by atoms with Crippen molar-refractivity contribution in [1.29, 1.82) is 0 Å². The number of benzene rings is 2. The molecule has 33 heavy (non-hydrogen) atoms. The van der Waals surface area contributed by atoms with Gasteiger partial charge in [-0.3, -0.25) is 0 Å². The number of carbonyl (C=O) groups is 2. The third-order valence-corrected chi connectivity index (χ3v) is 5.24. The Morgan fingerprint density at radius 1 is 0.909 bits per heavy atom. The Labute approximate surface area is 193 Å². The topological polar surface area (TPSA) is 92.4 Å². The number of amides is 3. The highest BCUT2D eigenvalue weighted by Gasteiger charge is 2.26. The molecule has 1 saturated heterocycles. The van der Waals surface area contributed by atoms with Gasteiger partial charge in [-0.25, -0.2) is 9.59 Å². The standard InChI is InChI=1S/C24H30N4O5/c1-24(2,3)33-23(30)28-13-11-27(12-14-28)18-9-7-17(8-10-18)25-22(29)26-19-5-4-6-20-21(19)32-16-15-31-20/h4-10H,11-16H2,1-3H3,(H2,25,26,29). The maximum absolute atomic E-state index is 12.5. The first kappa shape index (κ1) is 22.6. The molecule has 176 valence electrons. The zero-order valence-electron chi connectivity index (χ0n) is 19.2. The zero-order chi connectivity index (χ0) is 23.4. The molecule has 2 N–H and O–H groups in total. The third kappa shape index (κ3) is 5.79. The van der Waals surface area contributed by atoms with Gasteiger partial charge in [-0.2, -0.15) is 0 Å². The van der Waals surface area contributed by atoms with Crippen LogP contribution in [-0.4, -0.2) is 62.0 Å². The number of nitrogens with one attached hydrogen (secondary N) is 2. The van der Waals surface area contributed by atoms with Crippen molar-refractivity contribution in [3.63, 3.8) is 0 Å². The minimum absolute atomic E-state index is 0.274. The number of nitrogens with zero attached hydrogens (tertiary/aromatic N) is 2. The second-order valence-electron chi connectivity index (χ2n) is 8.91. The van der Waals surface area contributed by atoms with Crippen LogP contribution < -0.4 is 25.0 Å². The Balaban J connectivity index is 1.29. The normalized spacial score (nSPS) is 15.6. The summed E-state index contributed by atoms with van der Waals surface area (Å²) in [5.74, 6) is 1.16. The van der Waals surface area contributed by atoms with Gasteiger partial charge in [0.05, 0.1) is 5.69 Å². The minimum atomic E-state index is -0.496. The first-order valence-electron chi connectivity index (χ1n) is 11.1. The van der Waals surface area contributed by atoms with Gasteiger partial charge in [0.1, 0.15) is 18.8 Å². The Morgan fingerprint density at radius 2 is 1.61 bits per heavy atom. The smallest absolute Gasteiger partial charge is 0.410 e.